The van der Waals surface area contributed by atoms with Crippen LogP contribution in [-0.4, -0.2) is 0 Å². The van der Waals surface area contributed by atoms with Crippen molar-refractivity contribution >= 4 is 38.5 Å². The second kappa shape index (κ2) is 14.2. The zero-order valence-electron chi connectivity index (χ0n) is 36.0. The highest BCUT2D eigenvalue weighted by atomic mass is 32.1. The standard InChI is InChI=1S/C64H41NS/c1-4-18-42(19-5-1)43-32-34-46(35-33-43)65(47-36-38-51-49-24-10-14-28-55(49)63(58(51)40-47,44-20-6-2-7-21-44)45-22-8-3-9-23-45)48-37-39-52-50-25-11-15-29-56(50)64(59(52)41-48)57-30-16-12-26-53(57)61-54-27-13-17-31-60(54)66-62(61)64/h1-41H. The fraction of sp³-hybridized carbons (Fsp3) is 0.0312. The molecule has 1 atom stereocenters. The van der Waals surface area contributed by atoms with Crippen molar-refractivity contribution in [2.45, 2.75) is 10.8 Å². The maximum atomic E-state index is 2.53. The zero-order valence-corrected chi connectivity index (χ0v) is 36.8. The molecule has 0 N–H and O–H groups in total. The van der Waals surface area contributed by atoms with E-state index < -0.39 is 10.8 Å². The summed E-state index contributed by atoms with van der Waals surface area (Å²) in [5, 5.41) is 1.34. The highest BCUT2D eigenvalue weighted by molar-refractivity contribution is 7.20. The highest BCUT2D eigenvalue weighted by Crippen LogP contribution is 2.66. The van der Waals surface area contributed by atoms with Gasteiger partial charge in [-0.25, -0.2) is 0 Å². The molecule has 3 aliphatic rings. The molecule has 0 amide bonds. The Balaban J connectivity index is 1.04. The van der Waals surface area contributed by atoms with Gasteiger partial charge in [-0.15, -0.1) is 11.3 Å². The summed E-state index contributed by atoms with van der Waals surface area (Å²) in [6.07, 6.45) is 0. The molecule has 66 heavy (non-hydrogen) atoms. The van der Waals surface area contributed by atoms with E-state index in [1.165, 1.54) is 98.4 Å². The van der Waals surface area contributed by atoms with Gasteiger partial charge in [0.05, 0.1) is 10.8 Å². The molecule has 1 nitrogen and oxygen atoms in total. The van der Waals surface area contributed by atoms with E-state index >= 15 is 0 Å². The number of thiophene rings is 1. The molecule has 10 aromatic carbocycles. The Morgan fingerprint density at radius 3 is 1.33 bits per heavy atom. The van der Waals surface area contributed by atoms with Crippen LogP contribution in [0.5, 0.6) is 0 Å². The molecule has 308 valence electrons. The minimum absolute atomic E-state index is 0.463. The summed E-state index contributed by atoms with van der Waals surface area (Å²) in [4.78, 5) is 3.92. The molecule has 0 radical (unpaired) electrons. The first kappa shape index (κ1) is 37.3. The van der Waals surface area contributed by atoms with Crippen LogP contribution in [0.3, 0.4) is 0 Å². The zero-order chi connectivity index (χ0) is 43.4. The van der Waals surface area contributed by atoms with Gasteiger partial charge in [-0.2, -0.15) is 0 Å². The lowest BCUT2D eigenvalue weighted by molar-refractivity contribution is 0.768. The molecule has 0 saturated carbocycles. The minimum Gasteiger partial charge on any atom is -0.310 e. The van der Waals surface area contributed by atoms with Crippen molar-refractivity contribution in [1.29, 1.82) is 0 Å². The van der Waals surface area contributed by atoms with E-state index in [1.54, 1.807) is 0 Å². The van der Waals surface area contributed by atoms with Crippen LogP contribution in [0.4, 0.5) is 17.1 Å². The SMILES string of the molecule is c1ccc(-c2ccc(N(c3ccc4c(c3)C(c3ccccc3)(c3ccccc3)c3ccccc3-4)c3ccc4c(c3)C3(c5ccccc5-4)c4ccccc4-c4c3sc3ccccc43)cc2)cc1. The summed E-state index contributed by atoms with van der Waals surface area (Å²) in [6.45, 7) is 0. The number of fused-ring (bicyclic) bond motifs is 15. The van der Waals surface area contributed by atoms with Crippen LogP contribution in [-0.2, 0) is 10.8 Å². The van der Waals surface area contributed by atoms with Crippen LogP contribution in [0.25, 0.3) is 54.6 Å². The fourth-order valence-corrected chi connectivity index (χ4v) is 13.6. The van der Waals surface area contributed by atoms with E-state index in [2.05, 4.69) is 254 Å². The summed E-state index contributed by atoms with van der Waals surface area (Å²) in [5.74, 6) is 0. The second-order valence-electron chi connectivity index (χ2n) is 17.9. The summed E-state index contributed by atoms with van der Waals surface area (Å²) in [6, 6.07) is 93.0. The van der Waals surface area contributed by atoms with Gasteiger partial charge in [-0.1, -0.05) is 206 Å². The van der Waals surface area contributed by atoms with Crippen molar-refractivity contribution in [3.63, 3.8) is 0 Å². The Labute approximate surface area is 389 Å². The third-order valence-electron chi connectivity index (χ3n) is 14.8. The van der Waals surface area contributed by atoms with Crippen molar-refractivity contribution < 1.29 is 0 Å². The maximum Gasteiger partial charge on any atom is 0.0820 e. The van der Waals surface area contributed by atoms with Crippen molar-refractivity contribution in [2.24, 2.45) is 0 Å². The monoisotopic (exact) mass is 855 g/mol. The Bertz CT molecular complexity index is 3660. The number of anilines is 3. The molecular formula is C64H41NS. The largest absolute Gasteiger partial charge is 0.310 e. The molecule has 2 heteroatoms. The Kier molecular flexibility index (Phi) is 8.05. The van der Waals surface area contributed by atoms with Gasteiger partial charge in [0.25, 0.3) is 0 Å². The first-order valence-corrected chi connectivity index (χ1v) is 23.7. The van der Waals surface area contributed by atoms with Gasteiger partial charge in [0, 0.05) is 37.6 Å². The number of hydrogen-bond donors (Lipinski definition) is 0. The van der Waals surface area contributed by atoms with Gasteiger partial charge in [0.15, 0.2) is 0 Å². The summed E-state index contributed by atoms with van der Waals surface area (Å²) in [5.41, 5.74) is 21.8. The normalized spacial score (nSPS) is 15.5. The Morgan fingerprint density at radius 1 is 0.303 bits per heavy atom. The molecule has 0 fully saturated rings. The number of hydrogen-bond acceptors (Lipinski definition) is 2. The maximum absolute atomic E-state index is 2.53. The molecule has 1 aromatic heterocycles. The first-order chi connectivity index (χ1) is 32.7. The van der Waals surface area contributed by atoms with E-state index in [1.807, 2.05) is 11.3 Å². The van der Waals surface area contributed by atoms with Gasteiger partial charge in [-0.05, 0) is 120 Å². The van der Waals surface area contributed by atoms with Crippen molar-refractivity contribution in [2.75, 3.05) is 4.90 Å². The van der Waals surface area contributed by atoms with E-state index in [9.17, 15) is 0 Å². The van der Waals surface area contributed by atoms with Crippen LogP contribution in [0.1, 0.15) is 43.8 Å². The van der Waals surface area contributed by atoms with Gasteiger partial charge in [-0.3, -0.25) is 0 Å². The Morgan fingerprint density at radius 2 is 0.727 bits per heavy atom. The van der Waals surface area contributed by atoms with Crippen molar-refractivity contribution in [3.8, 4) is 44.5 Å². The number of nitrogens with zero attached hydrogens (tertiary/aromatic N) is 1. The predicted octanol–water partition coefficient (Wildman–Crippen LogP) is 16.7. The van der Waals surface area contributed by atoms with Crippen LogP contribution in [0.15, 0.2) is 249 Å². The predicted molar refractivity (Wildman–Crippen MR) is 276 cm³/mol. The average Bonchev–Trinajstić information content (AvgIpc) is 4.10. The average molecular weight is 856 g/mol. The summed E-state index contributed by atoms with van der Waals surface area (Å²) < 4.78 is 1.33. The molecule has 14 rings (SSSR count). The summed E-state index contributed by atoms with van der Waals surface area (Å²) in [7, 11) is 0. The summed E-state index contributed by atoms with van der Waals surface area (Å²) >= 11 is 1.96. The molecule has 1 unspecified atom stereocenters. The van der Waals surface area contributed by atoms with Crippen molar-refractivity contribution in [1.82, 2.24) is 0 Å². The first-order valence-electron chi connectivity index (χ1n) is 22.9. The van der Waals surface area contributed by atoms with Gasteiger partial charge in [0.2, 0.25) is 0 Å². The van der Waals surface area contributed by atoms with E-state index in [0.717, 1.165) is 17.1 Å². The van der Waals surface area contributed by atoms with E-state index in [0.29, 0.717) is 0 Å². The molecule has 0 bridgehead atoms. The number of benzene rings is 10. The molecule has 1 spiro atoms. The lowest BCUT2D eigenvalue weighted by Crippen LogP contribution is -2.28. The molecular weight excluding hydrogens is 815 g/mol. The quantitative estimate of drug-likeness (QED) is 0.161. The lowest BCUT2D eigenvalue weighted by Gasteiger charge is -2.35. The number of rotatable bonds is 6. The fourth-order valence-electron chi connectivity index (χ4n) is 12.1. The molecule has 1 heterocycles. The molecule has 0 aliphatic heterocycles. The highest BCUT2D eigenvalue weighted by Gasteiger charge is 2.54. The van der Waals surface area contributed by atoms with Crippen LogP contribution < -0.4 is 4.90 Å². The van der Waals surface area contributed by atoms with Gasteiger partial charge >= 0.3 is 0 Å². The van der Waals surface area contributed by atoms with Gasteiger partial charge < -0.3 is 4.90 Å². The van der Waals surface area contributed by atoms with E-state index in [-0.39, 0.29) is 0 Å². The Hall–Kier alpha value is -8.04. The van der Waals surface area contributed by atoms with Crippen LogP contribution in [0.2, 0.25) is 0 Å². The second-order valence-corrected chi connectivity index (χ2v) is 18.9. The minimum atomic E-state index is -0.526. The third kappa shape index (κ3) is 4.99. The topological polar surface area (TPSA) is 3.24 Å². The molecule has 11 aromatic rings. The van der Waals surface area contributed by atoms with Crippen LogP contribution in [0, 0.1) is 0 Å². The van der Waals surface area contributed by atoms with E-state index in [4.69, 9.17) is 0 Å². The third-order valence-corrected chi connectivity index (χ3v) is 16.0. The molecule has 0 saturated heterocycles. The smallest absolute Gasteiger partial charge is 0.0820 e. The van der Waals surface area contributed by atoms with Crippen LogP contribution >= 0.6 is 11.3 Å². The van der Waals surface area contributed by atoms with Gasteiger partial charge in [0.1, 0.15) is 0 Å². The lowest BCUT2D eigenvalue weighted by atomic mass is 9.67. The van der Waals surface area contributed by atoms with Crippen molar-refractivity contribution in [3.05, 3.63) is 293 Å². The molecule has 3 aliphatic carbocycles.